The van der Waals surface area contributed by atoms with E-state index < -0.39 is 0 Å². The minimum atomic E-state index is 0.504. The Morgan fingerprint density at radius 1 is 1.33 bits per heavy atom. The summed E-state index contributed by atoms with van der Waals surface area (Å²) in [5.41, 5.74) is 2.75. The highest BCUT2D eigenvalue weighted by Crippen LogP contribution is 2.22. The van der Waals surface area contributed by atoms with Gasteiger partial charge in [0.25, 0.3) is 0 Å². The highest BCUT2D eigenvalue weighted by Gasteiger charge is 2.15. The summed E-state index contributed by atoms with van der Waals surface area (Å²) < 4.78 is 8.21. The summed E-state index contributed by atoms with van der Waals surface area (Å²) in [6.07, 6.45) is 5.37. The molecule has 1 N–H and O–H groups in total. The molecule has 0 saturated carbocycles. The maximum atomic E-state index is 5.73. The number of aromatic nitrogens is 1. The van der Waals surface area contributed by atoms with Crippen LogP contribution in [0.3, 0.4) is 0 Å². The molecule has 1 saturated heterocycles. The van der Waals surface area contributed by atoms with Crippen LogP contribution >= 0.6 is 0 Å². The van der Waals surface area contributed by atoms with Crippen molar-refractivity contribution in [3.05, 3.63) is 36.0 Å². The normalized spacial score (nSPS) is 18.6. The van der Waals surface area contributed by atoms with Gasteiger partial charge in [-0.1, -0.05) is 25.1 Å². The van der Waals surface area contributed by atoms with E-state index in [0.29, 0.717) is 6.10 Å². The number of nitrogens with one attached hydrogen (secondary N) is 1. The number of aryl methyl sites for hydroxylation is 1. The smallest absolute Gasteiger partial charge is 0.0576 e. The van der Waals surface area contributed by atoms with Crippen LogP contribution in [-0.4, -0.2) is 23.8 Å². The van der Waals surface area contributed by atoms with Crippen LogP contribution in [0.15, 0.2) is 30.3 Å². The number of benzene rings is 1. The SMILES string of the molecule is CCNCc1cc2ccccc2n1CCCC1CCCO1. The van der Waals surface area contributed by atoms with Gasteiger partial charge in [-0.25, -0.2) is 0 Å². The summed E-state index contributed by atoms with van der Waals surface area (Å²) in [4.78, 5) is 0. The molecule has 0 spiro atoms. The lowest BCUT2D eigenvalue weighted by molar-refractivity contribution is 0.101. The molecular weight excluding hydrogens is 260 g/mol. The molecule has 1 aromatic heterocycles. The lowest BCUT2D eigenvalue weighted by atomic mass is 10.1. The Hall–Kier alpha value is -1.32. The molecule has 1 aliphatic heterocycles. The van der Waals surface area contributed by atoms with Crippen LogP contribution in [0.25, 0.3) is 10.9 Å². The van der Waals surface area contributed by atoms with E-state index in [2.05, 4.69) is 47.1 Å². The third-order valence-corrected chi connectivity index (χ3v) is 4.38. The van der Waals surface area contributed by atoms with Gasteiger partial charge in [0, 0.05) is 30.9 Å². The molecule has 3 rings (SSSR count). The minimum Gasteiger partial charge on any atom is -0.378 e. The fourth-order valence-corrected chi connectivity index (χ4v) is 3.28. The Morgan fingerprint density at radius 3 is 3.05 bits per heavy atom. The fraction of sp³-hybridized carbons (Fsp3) is 0.556. The predicted molar refractivity (Wildman–Crippen MR) is 87.5 cm³/mol. The van der Waals surface area contributed by atoms with Crippen molar-refractivity contribution in [3.8, 4) is 0 Å². The number of rotatable bonds is 7. The molecule has 0 aliphatic carbocycles. The van der Waals surface area contributed by atoms with Crippen molar-refractivity contribution >= 4 is 10.9 Å². The molecule has 1 atom stereocenters. The monoisotopic (exact) mass is 286 g/mol. The highest BCUT2D eigenvalue weighted by atomic mass is 16.5. The molecule has 2 heterocycles. The van der Waals surface area contributed by atoms with Crippen molar-refractivity contribution in [2.75, 3.05) is 13.2 Å². The van der Waals surface area contributed by atoms with E-state index in [4.69, 9.17) is 4.74 Å². The van der Waals surface area contributed by atoms with Crippen LogP contribution in [-0.2, 0) is 17.8 Å². The molecule has 1 unspecified atom stereocenters. The van der Waals surface area contributed by atoms with Crippen molar-refractivity contribution in [2.24, 2.45) is 0 Å². The Balaban J connectivity index is 1.71. The van der Waals surface area contributed by atoms with Crippen molar-refractivity contribution in [1.82, 2.24) is 9.88 Å². The summed E-state index contributed by atoms with van der Waals surface area (Å²) in [7, 11) is 0. The van der Waals surface area contributed by atoms with Gasteiger partial charge in [0.1, 0.15) is 0 Å². The summed E-state index contributed by atoms with van der Waals surface area (Å²) in [5, 5.41) is 4.80. The second-order valence-electron chi connectivity index (χ2n) is 5.90. The zero-order chi connectivity index (χ0) is 14.5. The molecule has 1 fully saturated rings. The second-order valence-corrected chi connectivity index (χ2v) is 5.90. The summed E-state index contributed by atoms with van der Waals surface area (Å²) >= 11 is 0. The van der Waals surface area contributed by atoms with E-state index in [1.807, 2.05) is 0 Å². The summed E-state index contributed by atoms with van der Waals surface area (Å²) in [6.45, 7) is 6.17. The van der Waals surface area contributed by atoms with Crippen LogP contribution in [0.2, 0.25) is 0 Å². The van der Waals surface area contributed by atoms with Gasteiger partial charge < -0.3 is 14.6 Å². The average Bonchev–Trinajstić information content (AvgIpc) is 3.13. The summed E-state index contributed by atoms with van der Waals surface area (Å²) in [5.74, 6) is 0. The lowest BCUT2D eigenvalue weighted by Crippen LogP contribution is -2.16. The molecule has 0 radical (unpaired) electrons. The lowest BCUT2D eigenvalue weighted by Gasteiger charge is -2.13. The van der Waals surface area contributed by atoms with Crippen molar-refractivity contribution in [2.45, 2.75) is 51.8 Å². The van der Waals surface area contributed by atoms with Gasteiger partial charge >= 0.3 is 0 Å². The molecular formula is C18H26N2O. The molecule has 0 amide bonds. The summed E-state index contributed by atoms with van der Waals surface area (Å²) in [6, 6.07) is 11.0. The van der Waals surface area contributed by atoms with Crippen molar-refractivity contribution in [1.29, 1.82) is 0 Å². The van der Waals surface area contributed by atoms with E-state index in [-0.39, 0.29) is 0 Å². The van der Waals surface area contributed by atoms with Gasteiger partial charge in [-0.15, -0.1) is 0 Å². The quantitative estimate of drug-likeness (QED) is 0.839. The first-order valence-corrected chi connectivity index (χ1v) is 8.28. The van der Waals surface area contributed by atoms with E-state index in [1.54, 1.807) is 0 Å². The minimum absolute atomic E-state index is 0.504. The molecule has 1 aliphatic rings. The number of hydrogen-bond acceptors (Lipinski definition) is 2. The van der Waals surface area contributed by atoms with Gasteiger partial charge in [-0.05, 0) is 49.7 Å². The first-order chi connectivity index (χ1) is 10.4. The second kappa shape index (κ2) is 7.10. The first kappa shape index (κ1) is 14.6. The van der Waals surface area contributed by atoms with Crippen molar-refractivity contribution < 1.29 is 4.74 Å². The number of hydrogen-bond donors (Lipinski definition) is 1. The van der Waals surface area contributed by atoms with Crippen LogP contribution in [0.1, 0.15) is 38.3 Å². The Labute approximate surface area is 127 Å². The Morgan fingerprint density at radius 2 is 2.24 bits per heavy atom. The molecule has 2 aromatic rings. The largest absolute Gasteiger partial charge is 0.378 e. The van der Waals surface area contributed by atoms with Gasteiger partial charge in [0.05, 0.1) is 6.10 Å². The molecule has 3 heteroatoms. The fourth-order valence-electron chi connectivity index (χ4n) is 3.28. The Kier molecular flexibility index (Phi) is 4.94. The van der Waals surface area contributed by atoms with Gasteiger partial charge in [0.15, 0.2) is 0 Å². The van der Waals surface area contributed by atoms with Crippen LogP contribution in [0, 0.1) is 0 Å². The number of nitrogens with zero attached hydrogens (tertiary/aromatic N) is 1. The van der Waals surface area contributed by atoms with E-state index in [0.717, 1.165) is 26.2 Å². The van der Waals surface area contributed by atoms with Gasteiger partial charge in [-0.3, -0.25) is 0 Å². The Bertz CT molecular complexity index is 570. The molecule has 3 nitrogen and oxygen atoms in total. The van der Waals surface area contributed by atoms with E-state index >= 15 is 0 Å². The van der Waals surface area contributed by atoms with E-state index in [1.165, 1.54) is 42.3 Å². The van der Waals surface area contributed by atoms with Crippen molar-refractivity contribution in [3.63, 3.8) is 0 Å². The van der Waals surface area contributed by atoms with Gasteiger partial charge in [0.2, 0.25) is 0 Å². The molecule has 114 valence electrons. The van der Waals surface area contributed by atoms with Crippen LogP contribution in [0.4, 0.5) is 0 Å². The zero-order valence-electron chi connectivity index (χ0n) is 13.0. The standard InChI is InChI=1S/C18H26N2O/c1-2-19-14-16-13-15-7-3-4-10-18(15)20(16)11-5-8-17-9-6-12-21-17/h3-4,7,10,13,17,19H,2,5-6,8-9,11-12,14H2,1H3. The van der Waals surface area contributed by atoms with Crippen LogP contribution < -0.4 is 5.32 Å². The number of fused-ring (bicyclic) bond motifs is 1. The third kappa shape index (κ3) is 3.47. The molecule has 0 bridgehead atoms. The predicted octanol–water partition coefficient (Wildman–Crippen LogP) is 3.71. The number of para-hydroxylation sites is 1. The topological polar surface area (TPSA) is 26.2 Å². The molecule has 1 aromatic carbocycles. The number of ether oxygens (including phenoxy) is 1. The van der Waals surface area contributed by atoms with E-state index in [9.17, 15) is 0 Å². The third-order valence-electron chi connectivity index (χ3n) is 4.38. The first-order valence-electron chi connectivity index (χ1n) is 8.28. The van der Waals surface area contributed by atoms with Gasteiger partial charge in [-0.2, -0.15) is 0 Å². The van der Waals surface area contributed by atoms with Crippen LogP contribution in [0.5, 0.6) is 0 Å². The zero-order valence-corrected chi connectivity index (χ0v) is 13.0. The average molecular weight is 286 g/mol. The highest BCUT2D eigenvalue weighted by molar-refractivity contribution is 5.81. The molecule has 21 heavy (non-hydrogen) atoms. The maximum Gasteiger partial charge on any atom is 0.0576 e. The maximum absolute atomic E-state index is 5.73.